The summed E-state index contributed by atoms with van der Waals surface area (Å²) in [5, 5.41) is 11.2. The first-order valence-corrected chi connectivity index (χ1v) is 10.7. The van der Waals surface area contributed by atoms with Crippen molar-refractivity contribution < 1.29 is 24.2 Å². The van der Waals surface area contributed by atoms with Crippen molar-refractivity contribution in [1.29, 1.82) is 0 Å². The minimum atomic E-state index is -0.792. The summed E-state index contributed by atoms with van der Waals surface area (Å²) in [5.41, 5.74) is 1.83. The Morgan fingerprint density at radius 2 is 1.91 bits per heavy atom. The number of methoxy groups -OCH3 is 1. The first-order valence-electron chi connectivity index (χ1n) is 10.7. The predicted octanol–water partition coefficient (Wildman–Crippen LogP) is 4.28. The SMILES string of the molecule is C=CCOc1ccc(C2C(=C(O)c3cccc(OC)c3)C(=O)C(=O)N2Cc2cccnc2)cc1. The molecule has 1 atom stereocenters. The van der Waals surface area contributed by atoms with Crippen molar-refractivity contribution in [2.24, 2.45) is 0 Å². The molecule has 0 bridgehead atoms. The highest BCUT2D eigenvalue weighted by atomic mass is 16.5. The van der Waals surface area contributed by atoms with Gasteiger partial charge in [-0.3, -0.25) is 14.6 Å². The van der Waals surface area contributed by atoms with Crippen molar-refractivity contribution in [3.05, 3.63) is 108 Å². The molecule has 1 unspecified atom stereocenters. The number of amides is 1. The minimum absolute atomic E-state index is 0.0157. The van der Waals surface area contributed by atoms with Gasteiger partial charge in [0, 0.05) is 24.5 Å². The highest BCUT2D eigenvalue weighted by Gasteiger charge is 2.46. The van der Waals surface area contributed by atoms with Crippen molar-refractivity contribution in [3.8, 4) is 11.5 Å². The number of hydrogen-bond donors (Lipinski definition) is 1. The molecule has 1 fully saturated rings. The third-order valence-corrected chi connectivity index (χ3v) is 5.52. The summed E-state index contributed by atoms with van der Waals surface area (Å²) in [6.45, 7) is 4.15. The van der Waals surface area contributed by atoms with Gasteiger partial charge in [0.15, 0.2) is 0 Å². The number of aromatic nitrogens is 1. The first-order chi connectivity index (χ1) is 16.5. The molecule has 7 heteroatoms. The van der Waals surface area contributed by atoms with Gasteiger partial charge in [-0.1, -0.05) is 43.0 Å². The molecular weight excluding hydrogens is 432 g/mol. The second-order valence-corrected chi connectivity index (χ2v) is 7.69. The number of hydrogen-bond acceptors (Lipinski definition) is 6. The maximum Gasteiger partial charge on any atom is 0.295 e. The van der Waals surface area contributed by atoms with E-state index >= 15 is 0 Å². The number of aliphatic hydroxyl groups excluding tert-OH is 1. The van der Waals surface area contributed by atoms with E-state index in [-0.39, 0.29) is 17.9 Å². The van der Waals surface area contributed by atoms with Gasteiger partial charge >= 0.3 is 0 Å². The maximum atomic E-state index is 13.2. The van der Waals surface area contributed by atoms with Crippen molar-refractivity contribution in [2.75, 3.05) is 13.7 Å². The van der Waals surface area contributed by atoms with Crippen LogP contribution in [-0.4, -0.2) is 40.4 Å². The molecule has 1 N–H and O–H groups in total. The monoisotopic (exact) mass is 456 g/mol. The smallest absolute Gasteiger partial charge is 0.295 e. The van der Waals surface area contributed by atoms with Crippen LogP contribution in [0.5, 0.6) is 11.5 Å². The van der Waals surface area contributed by atoms with E-state index in [1.54, 1.807) is 73.1 Å². The lowest BCUT2D eigenvalue weighted by Gasteiger charge is -2.25. The van der Waals surface area contributed by atoms with E-state index in [4.69, 9.17) is 9.47 Å². The zero-order chi connectivity index (χ0) is 24.1. The van der Waals surface area contributed by atoms with Crippen molar-refractivity contribution in [1.82, 2.24) is 9.88 Å². The van der Waals surface area contributed by atoms with Gasteiger partial charge in [0.2, 0.25) is 0 Å². The summed E-state index contributed by atoms with van der Waals surface area (Å²) >= 11 is 0. The number of Topliss-reactive ketones (excluding diaryl/α,β-unsaturated/α-hetero) is 1. The molecule has 0 saturated carbocycles. The minimum Gasteiger partial charge on any atom is -0.507 e. The number of pyridine rings is 1. The molecule has 2 aromatic carbocycles. The van der Waals surface area contributed by atoms with Crippen LogP contribution < -0.4 is 9.47 Å². The Morgan fingerprint density at radius 3 is 2.59 bits per heavy atom. The number of nitrogens with zero attached hydrogens (tertiary/aromatic N) is 2. The fourth-order valence-electron chi connectivity index (χ4n) is 3.91. The molecule has 7 nitrogen and oxygen atoms in total. The quantitative estimate of drug-likeness (QED) is 0.236. The molecule has 3 aromatic rings. The molecule has 4 rings (SSSR count). The summed E-state index contributed by atoms with van der Waals surface area (Å²) in [6, 6.07) is 16.6. The van der Waals surface area contributed by atoms with E-state index in [0.29, 0.717) is 29.2 Å². The number of carbonyl (C=O) groups excluding carboxylic acids is 2. The average molecular weight is 456 g/mol. The molecule has 34 heavy (non-hydrogen) atoms. The van der Waals surface area contributed by atoms with Crippen molar-refractivity contribution in [2.45, 2.75) is 12.6 Å². The predicted molar refractivity (Wildman–Crippen MR) is 127 cm³/mol. The molecule has 0 radical (unpaired) electrons. The van der Waals surface area contributed by atoms with Gasteiger partial charge in [0.1, 0.15) is 23.9 Å². The zero-order valence-electron chi connectivity index (χ0n) is 18.7. The lowest BCUT2D eigenvalue weighted by molar-refractivity contribution is -0.140. The van der Waals surface area contributed by atoms with Crippen molar-refractivity contribution in [3.63, 3.8) is 0 Å². The fraction of sp³-hybridized carbons (Fsp3) is 0.148. The summed E-state index contributed by atoms with van der Waals surface area (Å²) in [6.07, 6.45) is 4.93. The maximum absolute atomic E-state index is 13.2. The van der Waals surface area contributed by atoms with Crippen LogP contribution in [0.3, 0.4) is 0 Å². The third kappa shape index (κ3) is 4.54. The molecule has 1 amide bonds. The lowest BCUT2D eigenvalue weighted by atomic mass is 9.95. The first kappa shape index (κ1) is 22.8. The number of ketones is 1. The Labute approximate surface area is 197 Å². The van der Waals surface area contributed by atoms with E-state index in [0.717, 1.165) is 5.56 Å². The molecule has 172 valence electrons. The summed E-state index contributed by atoms with van der Waals surface area (Å²) < 4.78 is 10.8. The Hall–Kier alpha value is -4.39. The Morgan fingerprint density at radius 1 is 1.12 bits per heavy atom. The Balaban J connectivity index is 1.82. The summed E-state index contributed by atoms with van der Waals surface area (Å²) in [7, 11) is 1.52. The molecule has 1 saturated heterocycles. The molecule has 1 aliphatic heterocycles. The van der Waals surface area contributed by atoms with E-state index in [2.05, 4.69) is 11.6 Å². The average Bonchev–Trinajstić information content (AvgIpc) is 3.13. The van der Waals surface area contributed by atoms with Crippen LogP contribution in [0.25, 0.3) is 5.76 Å². The van der Waals surface area contributed by atoms with E-state index in [9.17, 15) is 14.7 Å². The van der Waals surface area contributed by atoms with Crippen LogP contribution in [0.15, 0.2) is 91.3 Å². The van der Waals surface area contributed by atoms with Gasteiger partial charge in [-0.25, -0.2) is 0 Å². The van der Waals surface area contributed by atoms with Gasteiger partial charge in [-0.05, 0) is 41.5 Å². The molecule has 2 heterocycles. The Bertz CT molecular complexity index is 1240. The number of benzene rings is 2. The molecule has 1 aliphatic rings. The van der Waals surface area contributed by atoms with Gasteiger partial charge in [0.05, 0.1) is 18.7 Å². The van der Waals surface area contributed by atoms with E-state index in [1.165, 1.54) is 12.0 Å². The number of carbonyl (C=O) groups is 2. The van der Waals surface area contributed by atoms with E-state index < -0.39 is 17.7 Å². The highest BCUT2D eigenvalue weighted by Crippen LogP contribution is 2.41. The van der Waals surface area contributed by atoms with Crippen molar-refractivity contribution >= 4 is 17.4 Å². The molecule has 0 spiro atoms. The second-order valence-electron chi connectivity index (χ2n) is 7.69. The van der Waals surface area contributed by atoms with Gasteiger partial charge < -0.3 is 19.5 Å². The van der Waals surface area contributed by atoms with Crippen LogP contribution in [0.4, 0.5) is 0 Å². The summed E-state index contributed by atoms with van der Waals surface area (Å²) in [5.74, 6) is -0.552. The van der Waals surface area contributed by atoms with Crippen LogP contribution in [0.2, 0.25) is 0 Å². The van der Waals surface area contributed by atoms with Gasteiger partial charge in [-0.2, -0.15) is 0 Å². The van der Waals surface area contributed by atoms with Gasteiger partial charge in [-0.15, -0.1) is 0 Å². The topological polar surface area (TPSA) is 89.0 Å². The largest absolute Gasteiger partial charge is 0.507 e. The van der Waals surface area contributed by atoms with Gasteiger partial charge in [0.25, 0.3) is 11.7 Å². The standard InChI is InChI=1S/C27H24N2O5/c1-3-14-34-21-11-9-19(10-12-21)24-23(25(30)20-7-4-8-22(15-20)33-2)26(31)27(32)29(24)17-18-6-5-13-28-16-18/h3-13,15-16,24,30H,1,14,17H2,2H3. The Kier molecular flexibility index (Phi) is 6.73. The third-order valence-electron chi connectivity index (χ3n) is 5.52. The highest BCUT2D eigenvalue weighted by molar-refractivity contribution is 6.46. The van der Waals surface area contributed by atoms with Crippen LogP contribution in [-0.2, 0) is 16.1 Å². The fourth-order valence-corrected chi connectivity index (χ4v) is 3.91. The number of aliphatic hydroxyl groups is 1. The molecule has 0 aliphatic carbocycles. The van der Waals surface area contributed by atoms with Crippen LogP contribution in [0, 0.1) is 0 Å². The zero-order valence-corrected chi connectivity index (χ0v) is 18.7. The lowest BCUT2D eigenvalue weighted by Crippen LogP contribution is -2.29. The number of rotatable bonds is 8. The number of likely N-dealkylation sites (tertiary alicyclic amines) is 1. The molecular formula is C27H24N2O5. The second kappa shape index (κ2) is 10.0. The number of ether oxygens (including phenoxy) is 2. The van der Waals surface area contributed by atoms with E-state index in [1.807, 2.05) is 6.07 Å². The van der Waals surface area contributed by atoms with Crippen LogP contribution in [0.1, 0.15) is 22.7 Å². The van der Waals surface area contributed by atoms with Crippen LogP contribution >= 0.6 is 0 Å². The molecule has 1 aromatic heterocycles. The normalized spacial score (nSPS) is 17.0. The summed E-state index contributed by atoms with van der Waals surface area (Å²) in [4.78, 5) is 31.9.